The lowest BCUT2D eigenvalue weighted by Gasteiger charge is -1.92. The van der Waals surface area contributed by atoms with E-state index in [1.807, 2.05) is 0 Å². The van der Waals surface area contributed by atoms with Gasteiger partial charge in [0.2, 0.25) is 0 Å². The van der Waals surface area contributed by atoms with Crippen LogP contribution in [0.1, 0.15) is 12.8 Å². The van der Waals surface area contributed by atoms with E-state index in [0.29, 0.717) is 6.07 Å². The van der Waals surface area contributed by atoms with Crippen LogP contribution < -0.4 is 0 Å². The Morgan fingerprint density at radius 2 is 2.29 bits per heavy atom. The zero-order valence-corrected chi connectivity index (χ0v) is 4.95. The predicted octanol–water partition coefficient (Wildman–Crippen LogP) is 1.61. The van der Waals surface area contributed by atoms with Crippen molar-refractivity contribution in [3.8, 4) is 0 Å². The van der Waals surface area contributed by atoms with Crippen molar-refractivity contribution in [2.45, 2.75) is 12.8 Å². The van der Waals surface area contributed by atoms with Gasteiger partial charge >= 0.3 is 0 Å². The molecule has 1 nitrogen and oxygen atoms in total. The molecule has 1 aliphatic rings. The zero-order valence-electron chi connectivity index (χ0n) is 4.19. The van der Waals surface area contributed by atoms with Crippen molar-refractivity contribution in [2.24, 2.45) is 5.92 Å². The molecule has 1 aliphatic carbocycles. The Bertz CT molecular complexity index is 52.0. The summed E-state index contributed by atoms with van der Waals surface area (Å²) in [6.07, 6.45) is 2.69. The Labute approximate surface area is 48.6 Å². The fraction of sp³-hybridized carbons (Fsp3) is 1.00. The van der Waals surface area contributed by atoms with Crippen molar-refractivity contribution in [1.82, 2.24) is 0 Å². The summed E-state index contributed by atoms with van der Waals surface area (Å²) in [6, 6.07) is 0.358. The summed E-state index contributed by atoms with van der Waals surface area (Å²) >= 11 is 5.25. The molecular formula is C5H9ClO. The highest BCUT2D eigenvalue weighted by Crippen LogP contribution is 2.28. The molecule has 0 amide bonds. The third kappa shape index (κ3) is 2.15. The van der Waals surface area contributed by atoms with Gasteiger partial charge in [-0.3, -0.25) is 0 Å². The van der Waals surface area contributed by atoms with E-state index in [4.69, 9.17) is 16.3 Å². The van der Waals surface area contributed by atoms with Gasteiger partial charge in [0.1, 0.15) is 6.07 Å². The molecule has 0 aromatic carbocycles. The standard InChI is InChI=1S/C5H9ClO/c6-4-7-3-5-1-2-5/h5H,1-4H2. The van der Waals surface area contributed by atoms with Crippen LogP contribution in [0.5, 0.6) is 0 Å². The molecule has 1 rings (SSSR count). The summed E-state index contributed by atoms with van der Waals surface area (Å²) in [7, 11) is 0. The average Bonchev–Trinajstić information content (AvgIpc) is 2.42. The summed E-state index contributed by atoms with van der Waals surface area (Å²) in [4.78, 5) is 0. The van der Waals surface area contributed by atoms with Crippen molar-refractivity contribution < 1.29 is 4.74 Å². The SMILES string of the molecule is ClCOCC1CC1. The minimum atomic E-state index is 0.358. The number of halogens is 1. The molecule has 1 saturated carbocycles. The molecule has 7 heavy (non-hydrogen) atoms. The molecular weight excluding hydrogens is 112 g/mol. The van der Waals surface area contributed by atoms with Gasteiger partial charge in [0.25, 0.3) is 0 Å². The zero-order chi connectivity index (χ0) is 5.11. The van der Waals surface area contributed by atoms with Crippen LogP contribution in [0.3, 0.4) is 0 Å². The van der Waals surface area contributed by atoms with Crippen molar-refractivity contribution >= 4 is 11.6 Å². The van der Waals surface area contributed by atoms with Gasteiger partial charge in [-0.05, 0) is 18.8 Å². The molecule has 42 valence electrons. The van der Waals surface area contributed by atoms with Crippen LogP contribution in [0.15, 0.2) is 0 Å². The fourth-order valence-electron chi connectivity index (χ4n) is 0.496. The Kier molecular flexibility index (Phi) is 1.95. The third-order valence-electron chi connectivity index (χ3n) is 1.13. The van der Waals surface area contributed by atoms with Crippen molar-refractivity contribution in [3.63, 3.8) is 0 Å². The van der Waals surface area contributed by atoms with Crippen LogP contribution in [0, 0.1) is 5.92 Å². The van der Waals surface area contributed by atoms with Crippen molar-refractivity contribution in [3.05, 3.63) is 0 Å². The van der Waals surface area contributed by atoms with Gasteiger partial charge in [0, 0.05) is 0 Å². The highest BCUT2D eigenvalue weighted by atomic mass is 35.5. The predicted molar refractivity (Wildman–Crippen MR) is 29.4 cm³/mol. The fourth-order valence-corrected chi connectivity index (χ4v) is 0.585. The first-order valence-corrected chi connectivity index (χ1v) is 3.10. The van der Waals surface area contributed by atoms with Crippen LogP contribution in [0.4, 0.5) is 0 Å². The van der Waals surface area contributed by atoms with E-state index in [1.54, 1.807) is 0 Å². The summed E-state index contributed by atoms with van der Waals surface area (Å²) in [5, 5.41) is 0. The number of rotatable bonds is 3. The second kappa shape index (κ2) is 2.53. The Hall–Kier alpha value is 0.250. The first-order chi connectivity index (χ1) is 3.43. The first kappa shape index (κ1) is 5.39. The number of hydrogen-bond acceptors (Lipinski definition) is 1. The maximum absolute atomic E-state index is 5.25. The molecule has 0 unspecified atom stereocenters. The van der Waals surface area contributed by atoms with Crippen LogP contribution in [0.25, 0.3) is 0 Å². The van der Waals surface area contributed by atoms with E-state index in [1.165, 1.54) is 12.8 Å². The summed E-state index contributed by atoms with van der Waals surface area (Å²) in [5.74, 6) is 0.846. The second-order valence-corrected chi connectivity index (χ2v) is 2.14. The molecule has 0 spiro atoms. The minimum Gasteiger partial charge on any atom is -0.365 e. The summed E-state index contributed by atoms with van der Waals surface area (Å²) in [6.45, 7) is 0.878. The van der Waals surface area contributed by atoms with E-state index >= 15 is 0 Å². The summed E-state index contributed by atoms with van der Waals surface area (Å²) < 4.78 is 4.92. The van der Waals surface area contributed by atoms with E-state index in [2.05, 4.69) is 0 Å². The van der Waals surface area contributed by atoms with Gasteiger partial charge in [-0.2, -0.15) is 0 Å². The first-order valence-electron chi connectivity index (χ1n) is 2.57. The lowest BCUT2D eigenvalue weighted by Crippen LogP contribution is -1.91. The van der Waals surface area contributed by atoms with Gasteiger partial charge in [0.15, 0.2) is 0 Å². The van der Waals surface area contributed by atoms with Gasteiger partial charge in [-0.15, -0.1) is 0 Å². The maximum atomic E-state index is 5.25. The lowest BCUT2D eigenvalue weighted by atomic mass is 10.5. The molecule has 0 aromatic heterocycles. The monoisotopic (exact) mass is 120 g/mol. The van der Waals surface area contributed by atoms with Crippen LogP contribution in [-0.4, -0.2) is 12.7 Å². The molecule has 0 N–H and O–H groups in total. The minimum absolute atomic E-state index is 0.358. The van der Waals surface area contributed by atoms with E-state index < -0.39 is 0 Å². The highest BCUT2D eigenvalue weighted by Gasteiger charge is 2.20. The van der Waals surface area contributed by atoms with Crippen LogP contribution in [-0.2, 0) is 4.74 Å². The number of ether oxygens (including phenoxy) is 1. The van der Waals surface area contributed by atoms with Gasteiger partial charge < -0.3 is 4.74 Å². The second-order valence-electron chi connectivity index (χ2n) is 1.92. The average molecular weight is 121 g/mol. The smallest absolute Gasteiger partial charge is 0.120 e. The van der Waals surface area contributed by atoms with E-state index in [0.717, 1.165) is 12.5 Å². The molecule has 0 aromatic rings. The lowest BCUT2D eigenvalue weighted by molar-refractivity contribution is 0.167. The molecule has 1 fully saturated rings. The molecule has 0 bridgehead atoms. The van der Waals surface area contributed by atoms with Crippen LogP contribution >= 0.6 is 11.6 Å². The van der Waals surface area contributed by atoms with Crippen molar-refractivity contribution in [1.29, 1.82) is 0 Å². The Morgan fingerprint density at radius 1 is 1.57 bits per heavy atom. The molecule has 0 radical (unpaired) electrons. The van der Waals surface area contributed by atoms with E-state index in [-0.39, 0.29) is 0 Å². The molecule has 0 atom stereocenters. The van der Waals surface area contributed by atoms with Gasteiger partial charge in [-0.1, -0.05) is 11.6 Å². The quantitative estimate of drug-likeness (QED) is 0.515. The largest absolute Gasteiger partial charge is 0.365 e. The van der Waals surface area contributed by atoms with Gasteiger partial charge in [0.05, 0.1) is 6.61 Å². The Morgan fingerprint density at radius 3 is 2.71 bits per heavy atom. The highest BCUT2D eigenvalue weighted by molar-refractivity contribution is 6.17. The van der Waals surface area contributed by atoms with Crippen molar-refractivity contribution in [2.75, 3.05) is 12.7 Å². The third-order valence-corrected chi connectivity index (χ3v) is 1.28. The topological polar surface area (TPSA) is 9.23 Å². The molecule has 2 heteroatoms. The summed E-state index contributed by atoms with van der Waals surface area (Å²) in [5.41, 5.74) is 0. The normalized spacial score (nSPS) is 20.1. The number of hydrogen-bond donors (Lipinski definition) is 0. The molecule has 0 aliphatic heterocycles. The van der Waals surface area contributed by atoms with Crippen LogP contribution in [0.2, 0.25) is 0 Å². The molecule has 0 heterocycles. The number of alkyl halides is 1. The Balaban J connectivity index is 1.80. The maximum Gasteiger partial charge on any atom is 0.120 e. The van der Waals surface area contributed by atoms with E-state index in [9.17, 15) is 0 Å². The molecule has 0 saturated heterocycles. The van der Waals surface area contributed by atoms with Gasteiger partial charge in [-0.25, -0.2) is 0 Å².